The lowest BCUT2D eigenvalue weighted by Crippen LogP contribution is -2.43. The molecule has 2 amide bonds. The molecule has 0 saturated heterocycles. The van der Waals surface area contributed by atoms with Crippen LogP contribution in [0.15, 0.2) is 47.8 Å². The highest BCUT2D eigenvalue weighted by molar-refractivity contribution is 7.09. The summed E-state index contributed by atoms with van der Waals surface area (Å²) in [6.07, 6.45) is 0. The Bertz CT molecular complexity index is 1130. The van der Waals surface area contributed by atoms with E-state index in [0.717, 1.165) is 16.3 Å². The van der Waals surface area contributed by atoms with Gasteiger partial charge in [-0.3, -0.25) is 14.5 Å². The fourth-order valence-electron chi connectivity index (χ4n) is 3.43. The molecular formula is C24H25N3O3S. The second-order valence-electron chi connectivity index (χ2n) is 8.58. The zero-order chi connectivity index (χ0) is 22.2. The Hall–Kier alpha value is -3.19. The summed E-state index contributed by atoms with van der Waals surface area (Å²) in [5.41, 5.74) is 4.23. The molecule has 31 heavy (non-hydrogen) atoms. The van der Waals surface area contributed by atoms with E-state index in [1.807, 2.05) is 54.8 Å². The predicted molar refractivity (Wildman–Crippen MR) is 124 cm³/mol. The van der Waals surface area contributed by atoms with E-state index in [0.29, 0.717) is 17.1 Å². The molecule has 6 nitrogen and oxygen atoms in total. The lowest BCUT2D eigenvalue weighted by atomic mass is 9.87. The number of carbonyl (C=O) groups excluding carboxylic acids is 2. The molecule has 1 aromatic heterocycles. The van der Waals surface area contributed by atoms with Crippen molar-refractivity contribution in [2.24, 2.45) is 0 Å². The summed E-state index contributed by atoms with van der Waals surface area (Å²) in [5, 5.41) is 5.82. The molecule has 0 aliphatic carbocycles. The first-order chi connectivity index (χ1) is 14.7. The van der Waals surface area contributed by atoms with E-state index in [-0.39, 0.29) is 30.4 Å². The van der Waals surface area contributed by atoms with Crippen LogP contribution in [0.1, 0.15) is 31.3 Å². The lowest BCUT2D eigenvalue weighted by Gasteiger charge is -2.29. The molecule has 0 spiro atoms. The monoisotopic (exact) mass is 435 g/mol. The number of fused-ring (bicyclic) bond motifs is 1. The van der Waals surface area contributed by atoms with E-state index in [4.69, 9.17) is 4.74 Å². The molecule has 4 rings (SSSR count). The standard InChI is InChI=1S/C24H25N3O3S/c1-15-25-19(14-31-15)16-5-10-21-20(11-16)27(23(29)13-30-21)12-22(28)26-18-8-6-17(7-9-18)24(2,3)4/h5-11,14H,12-13H2,1-4H3,(H,26,28). The Morgan fingerprint density at radius 2 is 1.94 bits per heavy atom. The number of amides is 2. The Morgan fingerprint density at radius 1 is 1.19 bits per heavy atom. The molecule has 2 aromatic carbocycles. The number of aromatic nitrogens is 1. The highest BCUT2D eigenvalue weighted by Gasteiger charge is 2.28. The van der Waals surface area contributed by atoms with Gasteiger partial charge < -0.3 is 10.1 Å². The quantitative estimate of drug-likeness (QED) is 0.640. The number of rotatable bonds is 4. The molecule has 0 unspecified atom stereocenters. The average molecular weight is 436 g/mol. The van der Waals surface area contributed by atoms with Crippen molar-refractivity contribution in [2.45, 2.75) is 33.1 Å². The van der Waals surface area contributed by atoms with Crippen molar-refractivity contribution in [3.8, 4) is 17.0 Å². The maximum absolute atomic E-state index is 12.7. The maximum Gasteiger partial charge on any atom is 0.265 e. The van der Waals surface area contributed by atoms with Gasteiger partial charge >= 0.3 is 0 Å². The summed E-state index contributed by atoms with van der Waals surface area (Å²) in [6, 6.07) is 13.4. The van der Waals surface area contributed by atoms with E-state index in [1.165, 1.54) is 10.5 Å². The number of benzene rings is 2. The van der Waals surface area contributed by atoms with Crippen LogP contribution in [0.2, 0.25) is 0 Å². The zero-order valence-electron chi connectivity index (χ0n) is 18.1. The van der Waals surface area contributed by atoms with Crippen LogP contribution in [-0.2, 0) is 15.0 Å². The minimum absolute atomic E-state index is 0.0417. The van der Waals surface area contributed by atoms with E-state index in [9.17, 15) is 9.59 Å². The highest BCUT2D eigenvalue weighted by atomic mass is 32.1. The molecule has 3 aromatic rings. The summed E-state index contributed by atoms with van der Waals surface area (Å²) < 4.78 is 5.57. The van der Waals surface area contributed by atoms with Gasteiger partial charge in [-0.1, -0.05) is 32.9 Å². The Morgan fingerprint density at radius 3 is 2.58 bits per heavy atom. The van der Waals surface area contributed by atoms with E-state index in [2.05, 4.69) is 31.1 Å². The van der Waals surface area contributed by atoms with Gasteiger partial charge in [0.1, 0.15) is 12.3 Å². The van der Waals surface area contributed by atoms with Crippen molar-refractivity contribution in [1.82, 2.24) is 4.98 Å². The summed E-state index contributed by atoms with van der Waals surface area (Å²) >= 11 is 1.57. The van der Waals surface area contributed by atoms with Crippen molar-refractivity contribution in [2.75, 3.05) is 23.4 Å². The van der Waals surface area contributed by atoms with Gasteiger partial charge in [-0.15, -0.1) is 11.3 Å². The molecular weight excluding hydrogens is 410 g/mol. The summed E-state index contributed by atoms with van der Waals surface area (Å²) in [4.78, 5) is 31.3. The number of carbonyl (C=O) groups is 2. The number of thiazole rings is 1. The molecule has 0 saturated carbocycles. The van der Waals surface area contributed by atoms with Crippen LogP contribution in [0.3, 0.4) is 0 Å². The van der Waals surface area contributed by atoms with Crippen LogP contribution >= 0.6 is 11.3 Å². The summed E-state index contributed by atoms with van der Waals surface area (Å²) in [7, 11) is 0. The van der Waals surface area contributed by atoms with Crippen molar-refractivity contribution in [1.29, 1.82) is 0 Å². The normalized spacial score (nSPS) is 13.5. The first-order valence-corrected chi connectivity index (χ1v) is 11.0. The van der Waals surface area contributed by atoms with E-state index >= 15 is 0 Å². The van der Waals surface area contributed by atoms with E-state index < -0.39 is 0 Å². The van der Waals surface area contributed by atoms with Crippen LogP contribution in [0, 0.1) is 6.92 Å². The first-order valence-electron chi connectivity index (χ1n) is 10.1. The van der Waals surface area contributed by atoms with Crippen molar-refractivity contribution < 1.29 is 14.3 Å². The average Bonchev–Trinajstić information content (AvgIpc) is 3.16. The number of nitrogens with one attached hydrogen (secondary N) is 1. The van der Waals surface area contributed by atoms with Crippen molar-refractivity contribution in [3.63, 3.8) is 0 Å². The van der Waals surface area contributed by atoms with Gasteiger partial charge in [0.2, 0.25) is 5.91 Å². The van der Waals surface area contributed by atoms with Gasteiger partial charge in [0, 0.05) is 16.6 Å². The number of nitrogens with zero attached hydrogens (tertiary/aromatic N) is 2. The molecule has 0 atom stereocenters. The third-order valence-electron chi connectivity index (χ3n) is 5.15. The van der Waals surface area contributed by atoms with Gasteiger partial charge in [0.05, 0.1) is 16.4 Å². The SMILES string of the molecule is Cc1nc(-c2ccc3c(c2)N(CC(=O)Nc2ccc(C(C)(C)C)cc2)C(=O)CO3)cs1. The molecule has 1 N–H and O–H groups in total. The summed E-state index contributed by atoms with van der Waals surface area (Å²) in [6.45, 7) is 8.20. The number of hydrogen-bond acceptors (Lipinski definition) is 5. The van der Waals surface area contributed by atoms with Crippen LogP contribution in [0.25, 0.3) is 11.3 Å². The number of ether oxygens (including phenoxy) is 1. The van der Waals surface area contributed by atoms with Crippen LogP contribution in [0.4, 0.5) is 11.4 Å². The zero-order valence-corrected chi connectivity index (χ0v) is 18.9. The third kappa shape index (κ3) is 4.61. The molecule has 7 heteroatoms. The third-order valence-corrected chi connectivity index (χ3v) is 5.93. The minimum Gasteiger partial charge on any atom is -0.482 e. The van der Waals surface area contributed by atoms with Crippen LogP contribution in [-0.4, -0.2) is 29.9 Å². The second-order valence-corrected chi connectivity index (χ2v) is 9.64. The molecule has 2 heterocycles. The smallest absolute Gasteiger partial charge is 0.265 e. The lowest BCUT2D eigenvalue weighted by molar-refractivity contribution is -0.123. The highest BCUT2D eigenvalue weighted by Crippen LogP contribution is 2.36. The number of anilines is 2. The largest absolute Gasteiger partial charge is 0.482 e. The Kier molecular flexibility index (Phi) is 5.54. The van der Waals surface area contributed by atoms with Gasteiger partial charge in [-0.25, -0.2) is 4.98 Å². The summed E-state index contributed by atoms with van der Waals surface area (Å²) in [5.74, 6) is 0.0644. The topological polar surface area (TPSA) is 71.5 Å². The van der Waals surface area contributed by atoms with Crippen molar-refractivity contribution in [3.05, 3.63) is 58.4 Å². The Labute approximate surface area is 185 Å². The number of hydrogen-bond donors (Lipinski definition) is 1. The molecule has 0 fully saturated rings. The second kappa shape index (κ2) is 8.15. The maximum atomic E-state index is 12.7. The minimum atomic E-state index is -0.264. The van der Waals surface area contributed by atoms with Gasteiger partial charge in [0.15, 0.2) is 6.61 Å². The van der Waals surface area contributed by atoms with Crippen LogP contribution < -0.4 is 15.0 Å². The van der Waals surface area contributed by atoms with Crippen molar-refractivity contribution >= 4 is 34.5 Å². The van der Waals surface area contributed by atoms with Gasteiger partial charge in [-0.05, 0) is 48.2 Å². The first kappa shape index (κ1) is 21.1. The molecule has 0 bridgehead atoms. The van der Waals surface area contributed by atoms with Gasteiger partial charge in [0.25, 0.3) is 5.91 Å². The van der Waals surface area contributed by atoms with Crippen LogP contribution in [0.5, 0.6) is 5.75 Å². The Balaban J connectivity index is 1.53. The predicted octanol–water partition coefficient (Wildman–Crippen LogP) is 4.78. The molecule has 0 radical (unpaired) electrons. The molecule has 1 aliphatic rings. The molecule has 160 valence electrons. The fraction of sp³-hybridized carbons (Fsp3) is 0.292. The number of aryl methyl sites for hydroxylation is 1. The van der Waals surface area contributed by atoms with E-state index in [1.54, 1.807) is 11.3 Å². The fourth-order valence-corrected chi connectivity index (χ4v) is 4.05. The van der Waals surface area contributed by atoms with Gasteiger partial charge in [-0.2, -0.15) is 0 Å². The molecule has 1 aliphatic heterocycles.